The van der Waals surface area contributed by atoms with Crippen molar-refractivity contribution in [2.24, 2.45) is 5.92 Å². The first-order valence-corrected chi connectivity index (χ1v) is 7.97. The van der Waals surface area contributed by atoms with Crippen molar-refractivity contribution in [2.45, 2.75) is 25.0 Å². The topological polar surface area (TPSA) is 41.9 Å². The van der Waals surface area contributed by atoms with Crippen LogP contribution in [0.3, 0.4) is 0 Å². The molecule has 4 nitrogen and oxygen atoms in total. The highest BCUT2D eigenvalue weighted by molar-refractivity contribution is 5.18. The molecule has 0 spiro atoms. The van der Waals surface area contributed by atoms with Crippen molar-refractivity contribution in [3.8, 4) is 0 Å². The average molecular weight is 291 g/mol. The van der Waals surface area contributed by atoms with Gasteiger partial charge in [0.2, 0.25) is 0 Å². The molecule has 2 aliphatic heterocycles. The zero-order valence-corrected chi connectivity index (χ0v) is 12.5. The van der Waals surface area contributed by atoms with E-state index in [0.717, 1.165) is 44.6 Å². The molecule has 2 aliphatic rings. The third kappa shape index (κ3) is 4.04. The Morgan fingerprint density at radius 2 is 1.90 bits per heavy atom. The molecule has 3 rings (SSSR count). The molecule has 0 aromatic heterocycles. The second kappa shape index (κ2) is 7.36. The highest BCUT2D eigenvalue weighted by atomic mass is 16.6. The first-order valence-electron chi connectivity index (χ1n) is 7.97. The Morgan fingerprint density at radius 1 is 1.14 bits per heavy atom. The Kier molecular flexibility index (Phi) is 5.25. The summed E-state index contributed by atoms with van der Waals surface area (Å²) in [6.45, 7) is 5.18. The van der Waals surface area contributed by atoms with E-state index in [1.807, 2.05) is 30.3 Å². The largest absolute Gasteiger partial charge is 0.388 e. The molecule has 0 radical (unpaired) electrons. The summed E-state index contributed by atoms with van der Waals surface area (Å²) in [5.41, 5.74) is 1.04. The molecule has 1 aromatic carbocycles. The van der Waals surface area contributed by atoms with Gasteiger partial charge in [-0.2, -0.15) is 0 Å². The normalized spacial score (nSPS) is 26.6. The van der Waals surface area contributed by atoms with Crippen molar-refractivity contribution in [2.75, 3.05) is 39.5 Å². The number of hydrogen-bond acceptors (Lipinski definition) is 4. The van der Waals surface area contributed by atoms with Gasteiger partial charge in [0.1, 0.15) is 0 Å². The smallest absolute Gasteiger partial charge is 0.0936 e. The van der Waals surface area contributed by atoms with Gasteiger partial charge in [-0.05, 0) is 37.4 Å². The molecule has 0 aliphatic carbocycles. The van der Waals surface area contributed by atoms with E-state index in [1.54, 1.807) is 0 Å². The van der Waals surface area contributed by atoms with Crippen LogP contribution < -0.4 is 0 Å². The Labute approximate surface area is 126 Å². The van der Waals surface area contributed by atoms with Gasteiger partial charge in [-0.15, -0.1) is 0 Å². The van der Waals surface area contributed by atoms with Gasteiger partial charge in [-0.25, -0.2) is 0 Å². The van der Waals surface area contributed by atoms with Crippen LogP contribution in [0.5, 0.6) is 0 Å². The van der Waals surface area contributed by atoms with E-state index >= 15 is 0 Å². The van der Waals surface area contributed by atoms with Gasteiger partial charge in [0.05, 0.1) is 32.0 Å². The van der Waals surface area contributed by atoms with Crippen LogP contribution in [-0.4, -0.2) is 55.6 Å². The molecule has 21 heavy (non-hydrogen) atoms. The predicted octanol–water partition coefficient (Wildman–Crippen LogP) is 1.85. The summed E-state index contributed by atoms with van der Waals surface area (Å²) in [5.74, 6) is 0.368. The van der Waals surface area contributed by atoms with Crippen LogP contribution in [0.15, 0.2) is 30.3 Å². The summed E-state index contributed by atoms with van der Waals surface area (Å²) < 4.78 is 11.2. The lowest BCUT2D eigenvalue weighted by atomic mass is 9.87. The Morgan fingerprint density at radius 3 is 2.57 bits per heavy atom. The van der Waals surface area contributed by atoms with Gasteiger partial charge in [0, 0.05) is 6.54 Å². The second-order valence-electron chi connectivity index (χ2n) is 6.06. The Bertz CT molecular complexity index is 411. The quantitative estimate of drug-likeness (QED) is 0.919. The molecule has 2 heterocycles. The molecule has 1 unspecified atom stereocenters. The molecule has 0 amide bonds. The first kappa shape index (κ1) is 15.0. The van der Waals surface area contributed by atoms with E-state index in [9.17, 15) is 5.11 Å². The van der Waals surface area contributed by atoms with E-state index < -0.39 is 0 Å². The monoisotopic (exact) mass is 291 g/mol. The number of rotatable bonds is 4. The molecule has 0 bridgehead atoms. The van der Waals surface area contributed by atoms with E-state index in [2.05, 4.69) is 4.90 Å². The average Bonchev–Trinajstić information content (AvgIpc) is 2.57. The summed E-state index contributed by atoms with van der Waals surface area (Å²) in [6.07, 6.45) is 1.98. The van der Waals surface area contributed by atoms with Crippen LogP contribution >= 0.6 is 0 Å². The molecule has 1 aromatic rings. The minimum Gasteiger partial charge on any atom is -0.388 e. The molecule has 116 valence electrons. The number of hydrogen-bond donors (Lipinski definition) is 1. The zero-order valence-electron chi connectivity index (χ0n) is 12.5. The van der Waals surface area contributed by atoms with Crippen molar-refractivity contribution < 1.29 is 14.6 Å². The lowest BCUT2D eigenvalue weighted by Crippen LogP contribution is -2.44. The Hall–Kier alpha value is -0.940. The third-order valence-corrected chi connectivity index (χ3v) is 4.57. The summed E-state index contributed by atoms with van der Waals surface area (Å²) in [5, 5.41) is 10.5. The van der Waals surface area contributed by atoms with Gasteiger partial charge in [-0.1, -0.05) is 30.3 Å². The molecular weight excluding hydrogens is 266 g/mol. The van der Waals surface area contributed by atoms with Crippen LogP contribution in [-0.2, 0) is 9.47 Å². The summed E-state index contributed by atoms with van der Waals surface area (Å²) in [7, 11) is 0. The molecule has 0 saturated carbocycles. The maximum Gasteiger partial charge on any atom is 0.0936 e. The first-order chi connectivity index (χ1) is 10.3. The second-order valence-corrected chi connectivity index (χ2v) is 6.06. The van der Waals surface area contributed by atoms with E-state index in [0.29, 0.717) is 19.1 Å². The van der Waals surface area contributed by atoms with E-state index in [4.69, 9.17) is 9.47 Å². The summed E-state index contributed by atoms with van der Waals surface area (Å²) in [6, 6.07) is 10.0. The van der Waals surface area contributed by atoms with Gasteiger partial charge in [0.25, 0.3) is 0 Å². The molecule has 4 heteroatoms. The number of ether oxygens (including phenoxy) is 2. The third-order valence-electron chi connectivity index (χ3n) is 4.57. The van der Waals surface area contributed by atoms with Crippen molar-refractivity contribution in [3.05, 3.63) is 35.9 Å². The summed E-state index contributed by atoms with van der Waals surface area (Å²) >= 11 is 0. The number of benzene rings is 1. The molecule has 2 fully saturated rings. The van der Waals surface area contributed by atoms with Gasteiger partial charge >= 0.3 is 0 Å². The Balaban J connectivity index is 1.46. The number of aliphatic hydroxyl groups is 1. The van der Waals surface area contributed by atoms with Crippen LogP contribution in [0, 0.1) is 5.92 Å². The predicted molar refractivity (Wildman–Crippen MR) is 81.1 cm³/mol. The van der Waals surface area contributed by atoms with Gasteiger partial charge in [-0.3, -0.25) is 0 Å². The lowest BCUT2D eigenvalue weighted by Gasteiger charge is -2.36. The number of likely N-dealkylation sites (tertiary alicyclic amines) is 1. The number of piperidine rings is 1. The van der Waals surface area contributed by atoms with Gasteiger partial charge < -0.3 is 19.5 Å². The van der Waals surface area contributed by atoms with Gasteiger partial charge in [0.15, 0.2) is 0 Å². The fraction of sp³-hybridized carbons (Fsp3) is 0.647. The number of aliphatic hydroxyl groups excluding tert-OH is 1. The van der Waals surface area contributed by atoms with Crippen molar-refractivity contribution >= 4 is 0 Å². The maximum absolute atomic E-state index is 10.5. The van der Waals surface area contributed by atoms with Crippen molar-refractivity contribution in [3.63, 3.8) is 0 Å². The SMILES string of the molecule is OC(c1ccccc1)C1CCN(C[C@H]2COCCO2)CC1. The van der Waals surface area contributed by atoms with E-state index in [-0.39, 0.29) is 12.2 Å². The fourth-order valence-corrected chi connectivity index (χ4v) is 3.30. The number of nitrogens with zero attached hydrogens (tertiary/aromatic N) is 1. The van der Waals surface area contributed by atoms with Crippen LogP contribution in [0.2, 0.25) is 0 Å². The highest BCUT2D eigenvalue weighted by Crippen LogP contribution is 2.30. The van der Waals surface area contributed by atoms with Crippen LogP contribution in [0.25, 0.3) is 0 Å². The van der Waals surface area contributed by atoms with Crippen molar-refractivity contribution in [1.82, 2.24) is 4.90 Å². The standard InChI is InChI=1S/C17H25NO3/c19-17(14-4-2-1-3-5-14)15-6-8-18(9-7-15)12-16-13-20-10-11-21-16/h1-5,15-17,19H,6-13H2/t16-,17?/m0/s1. The summed E-state index contributed by atoms with van der Waals surface area (Å²) in [4.78, 5) is 2.44. The molecule has 2 saturated heterocycles. The maximum atomic E-state index is 10.5. The zero-order chi connectivity index (χ0) is 14.5. The minimum atomic E-state index is -0.331. The minimum absolute atomic E-state index is 0.217. The van der Waals surface area contributed by atoms with E-state index in [1.165, 1.54) is 0 Å². The molecule has 1 N–H and O–H groups in total. The van der Waals surface area contributed by atoms with Crippen LogP contribution in [0.1, 0.15) is 24.5 Å². The molecular formula is C17H25NO3. The fourth-order valence-electron chi connectivity index (χ4n) is 3.30. The van der Waals surface area contributed by atoms with Crippen LogP contribution in [0.4, 0.5) is 0 Å². The van der Waals surface area contributed by atoms with Crippen molar-refractivity contribution in [1.29, 1.82) is 0 Å². The molecule has 2 atom stereocenters. The highest BCUT2D eigenvalue weighted by Gasteiger charge is 2.27. The lowest BCUT2D eigenvalue weighted by molar-refractivity contribution is -0.100.